The Morgan fingerprint density at radius 1 is 1.00 bits per heavy atom. The highest BCUT2D eigenvalue weighted by Crippen LogP contribution is 2.23. The minimum atomic E-state index is -0.748. The molecule has 1 aromatic carbocycles. The van der Waals surface area contributed by atoms with Crippen LogP contribution in [0.15, 0.2) is 42.6 Å². The highest BCUT2D eigenvalue weighted by atomic mass is 16.3. The Balaban J connectivity index is 2.03. The van der Waals surface area contributed by atoms with Gasteiger partial charge in [0.2, 0.25) is 0 Å². The molecule has 4 nitrogen and oxygen atoms in total. The summed E-state index contributed by atoms with van der Waals surface area (Å²) in [4.78, 5) is 12.8. The van der Waals surface area contributed by atoms with Crippen molar-refractivity contribution in [1.82, 2.24) is 15.0 Å². The van der Waals surface area contributed by atoms with Crippen LogP contribution in [-0.4, -0.2) is 20.1 Å². The number of aryl methyl sites for hydroxylation is 2. The van der Waals surface area contributed by atoms with Gasteiger partial charge in [-0.3, -0.25) is 4.98 Å². The number of pyridine rings is 1. The zero-order valence-corrected chi connectivity index (χ0v) is 11.4. The number of fused-ring (bicyclic) bond motifs is 1. The summed E-state index contributed by atoms with van der Waals surface area (Å²) in [7, 11) is 0. The SMILES string of the molecule is Cc1ccc2cc(C(O)c3ccnc(C)n3)ccc2n1. The highest BCUT2D eigenvalue weighted by molar-refractivity contribution is 5.79. The van der Waals surface area contributed by atoms with Gasteiger partial charge in [-0.1, -0.05) is 12.1 Å². The van der Waals surface area contributed by atoms with Gasteiger partial charge in [0.05, 0.1) is 11.2 Å². The lowest BCUT2D eigenvalue weighted by atomic mass is 10.0. The molecule has 2 heterocycles. The molecule has 0 saturated heterocycles. The normalized spacial score (nSPS) is 12.6. The first-order valence-corrected chi connectivity index (χ1v) is 6.48. The fourth-order valence-electron chi connectivity index (χ4n) is 2.21. The number of hydrogen-bond acceptors (Lipinski definition) is 4. The molecule has 1 N–H and O–H groups in total. The summed E-state index contributed by atoms with van der Waals surface area (Å²) < 4.78 is 0. The van der Waals surface area contributed by atoms with E-state index in [2.05, 4.69) is 15.0 Å². The zero-order valence-electron chi connectivity index (χ0n) is 11.4. The van der Waals surface area contributed by atoms with E-state index in [0.717, 1.165) is 22.2 Å². The van der Waals surface area contributed by atoms with Crippen molar-refractivity contribution >= 4 is 10.9 Å². The first-order valence-electron chi connectivity index (χ1n) is 6.48. The van der Waals surface area contributed by atoms with Crippen molar-refractivity contribution in [2.45, 2.75) is 20.0 Å². The second-order valence-electron chi connectivity index (χ2n) is 4.84. The third-order valence-electron chi connectivity index (χ3n) is 3.25. The van der Waals surface area contributed by atoms with Gasteiger partial charge in [-0.15, -0.1) is 0 Å². The molecule has 100 valence electrons. The number of rotatable bonds is 2. The molecule has 4 heteroatoms. The van der Waals surface area contributed by atoms with Crippen LogP contribution < -0.4 is 0 Å². The van der Waals surface area contributed by atoms with Gasteiger partial charge in [-0.05, 0) is 43.7 Å². The Kier molecular flexibility index (Phi) is 3.16. The summed E-state index contributed by atoms with van der Waals surface area (Å²) in [5.41, 5.74) is 3.33. The van der Waals surface area contributed by atoms with E-state index in [1.807, 2.05) is 44.2 Å². The Bertz CT molecular complexity index is 771. The molecule has 3 aromatic rings. The van der Waals surface area contributed by atoms with Crippen LogP contribution in [0.4, 0.5) is 0 Å². The third kappa shape index (κ3) is 2.38. The molecule has 0 radical (unpaired) electrons. The van der Waals surface area contributed by atoms with Crippen molar-refractivity contribution in [2.75, 3.05) is 0 Å². The first-order chi connectivity index (χ1) is 9.63. The van der Waals surface area contributed by atoms with Crippen LogP contribution in [0.5, 0.6) is 0 Å². The van der Waals surface area contributed by atoms with Crippen LogP contribution in [0.25, 0.3) is 10.9 Å². The number of aliphatic hydroxyl groups excluding tert-OH is 1. The lowest BCUT2D eigenvalue weighted by Gasteiger charge is -2.11. The first kappa shape index (κ1) is 12.7. The fraction of sp³-hybridized carbons (Fsp3) is 0.188. The van der Waals surface area contributed by atoms with Gasteiger partial charge in [0.15, 0.2) is 0 Å². The lowest BCUT2D eigenvalue weighted by Crippen LogP contribution is -2.04. The van der Waals surface area contributed by atoms with Crippen LogP contribution >= 0.6 is 0 Å². The monoisotopic (exact) mass is 265 g/mol. The summed E-state index contributed by atoms with van der Waals surface area (Å²) in [6.07, 6.45) is 0.912. The van der Waals surface area contributed by atoms with E-state index in [9.17, 15) is 5.11 Å². The van der Waals surface area contributed by atoms with E-state index < -0.39 is 6.10 Å². The molecule has 1 atom stereocenters. The number of aromatic nitrogens is 3. The van der Waals surface area contributed by atoms with E-state index in [0.29, 0.717) is 11.5 Å². The van der Waals surface area contributed by atoms with E-state index in [4.69, 9.17) is 0 Å². The summed E-state index contributed by atoms with van der Waals surface area (Å²) in [6, 6.07) is 11.5. The predicted octanol–water partition coefficient (Wildman–Crippen LogP) is 2.72. The van der Waals surface area contributed by atoms with Crippen molar-refractivity contribution in [1.29, 1.82) is 0 Å². The number of hydrogen-bond donors (Lipinski definition) is 1. The van der Waals surface area contributed by atoms with Gasteiger partial charge < -0.3 is 5.11 Å². The lowest BCUT2D eigenvalue weighted by molar-refractivity contribution is 0.215. The van der Waals surface area contributed by atoms with Crippen molar-refractivity contribution in [2.24, 2.45) is 0 Å². The quantitative estimate of drug-likeness (QED) is 0.774. The summed E-state index contributed by atoms with van der Waals surface area (Å²) >= 11 is 0. The van der Waals surface area contributed by atoms with Crippen LogP contribution in [0.2, 0.25) is 0 Å². The third-order valence-corrected chi connectivity index (χ3v) is 3.25. The summed E-state index contributed by atoms with van der Waals surface area (Å²) in [6.45, 7) is 3.77. The largest absolute Gasteiger partial charge is 0.382 e. The average Bonchev–Trinajstić information content (AvgIpc) is 2.46. The maximum absolute atomic E-state index is 10.4. The molecule has 0 fully saturated rings. The maximum atomic E-state index is 10.4. The standard InChI is InChI=1S/C16H15N3O/c1-10-3-4-12-9-13(5-6-14(12)18-10)16(20)15-7-8-17-11(2)19-15/h3-9,16,20H,1-2H3. The Morgan fingerprint density at radius 2 is 1.85 bits per heavy atom. The molecule has 0 amide bonds. The van der Waals surface area contributed by atoms with Crippen molar-refractivity contribution in [3.8, 4) is 0 Å². The smallest absolute Gasteiger partial charge is 0.125 e. The van der Waals surface area contributed by atoms with Crippen molar-refractivity contribution in [3.63, 3.8) is 0 Å². The van der Waals surface area contributed by atoms with Gasteiger partial charge in [0.25, 0.3) is 0 Å². The molecule has 0 aliphatic heterocycles. The minimum Gasteiger partial charge on any atom is -0.382 e. The Labute approximate surface area is 117 Å². The maximum Gasteiger partial charge on any atom is 0.125 e. The zero-order chi connectivity index (χ0) is 14.1. The van der Waals surface area contributed by atoms with Gasteiger partial charge >= 0.3 is 0 Å². The number of aliphatic hydroxyl groups is 1. The molecule has 0 bridgehead atoms. The van der Waals surface area contributed by atoms with Gasteiger partial charge in [0, 0.05) is 17.3 Å². The number of benzene rings is 1. The van der Waals surface area contributed by atoms with Gasteiger partial charge in [0.1, 0.15) is 11.9 Å². The number of nitrogens with zero attached hydrogens (tertiary/aromatic N) is 3. The fourth-order valence-corrected chi connectivity index (χ4v) is 2.21. The average molecular weight is 265 g/mol. The molecule has 20 heavy (non-hydrogen) atoms. The van der Waals surface area contributed by atoms with Gasteiger partial charge in [-0.2, -0.15) is 0 Å². The van der Waals surface area contributed by atoms with E-state index in [1.165, 1.54) is 0 Å². The second kappa shape index (κ2) is 4.98. The Morgan fingerprint density at radius 3 is 2.65 bits per heavy atom. The molecular weight excluding hydrogens is 250 g/mol. The van der Waals surface area contributed by atoms with E-state index >= 15 is 0 Å². The van der Waals surface area contributed by atoms with Gasteiger partial charge in [-0.25, -0.2) is 9.97 Å². The summed E-state index contributed by atoms with van der Waals surface area (Å²) in [5, 5.41) is 11.4. The molecule has 0 saturated carbocycles. The van der Waals surface area contributed by atoms with Crippen LogP contribution in [-0.2, 0) is 0 Å². The molecule has 2 aromatic heterocycles. The van der Waals surface area contributed by atoms with Crippen LogP contribution in [0.1, 0.15) is 28.9 Å². The second-order valence-corrected chi connectivity index (χ2v) is 4.84. The summed E-state index contributed by atoms with van der Waals surface area (Å²) in [5.74, 6) is 0.652. The predicted molar refractivity (Wildman–Crippen MR) is 77.3 cm³/mol. The van der Waals surface area contributed by atoms with Crippen LogP contribution in [0.3, 0.4) is 0 Å². The molecule has 1 unspecified atom stereocenters. The van der Waals surface area contributed by atoms with E-state index in [-0.39, 0.29) is 0 Å². The Hall–Kier alpha value is -2.33. The molecule has 0 spiro atoms. The molecular formula is C16H15N3O. The molecule has 3 rings (SSSR count). The molecule has 0 aliphatic carbocycles. The minimum absolute atomic E-state index is 0.608. The van der Waals surface area contributed by atoms with Crippen LogP contribution in [0, 0.1) is 13.8 Å². The molecule has 0 aliphatic rings. The van der Waals surface area contributed by atoms with Crippen molar-refractivity contribution < 1.29 is 5.11 Å². The highest BCUT2D eigenvalue weighted by Gasteiger charge is 2.13. The topological polar surface area (TPSA) is 58.9 Å². The van der Waals surface area contributed by atoms with Crippen molar-refractivity contribution in [3.05, 3.63) is 65.4 Å². The van der Waals surface area contributed by atoms with E-state index in [1.54, 1.807) is 12.3 Å².